The Balaban J connectivity index is 2.05. The first kappa shape index (κ1) is 11.2. The third kappa shape index (κ3) is 2.13. The number of halogens is 2. The first-order valence-corrected chi connectivity index (χ1v) is 6.14. The summed E-state index contributed by atoms with van der Waals surface area (Å²) in [6, 6.07) is 1.92. The van der Waals surface area contributed by atoms with Crippen LogP contribution in [0.4, 0.5) is 0 Å². The van der Waals surface area contributed by atoms with Crippen molar-refractivity contribution >= 4 is 27.5 Å². The Morgan fingerprint density at radius 2 is 2.27 bits per heavy atom. The molecule has 1 saturated carbocycles. The Morgan fingerprint density at radius 3 is 2.80 bits per heavy atom. The summed E-state index contributed by atoms with van der Waals surface area (Å²) >= 11 is 9.49. The van der Waals surface area contributed by atoms with E-state index in [9.17, 15) is 0 Å². The molecule has 2 nitrogen and oxygen atoms in total. The summed E-state index contributed by atoms with van der Waals surface area (Å²) in [5, 5.41) is 0.211. The molecular formula is C11H13BrClNO. The van der Waals surface area contributed by atoms with Crippen molar-refractivity contribution in [1.82, 2.24) is 4.98 Å². The summed E-state index contributed by atoms with van der Waals surface area (Å²) in [7, 11) is 0. The second-order valence-corrected chi connectivity index (χ2v) is 5.91. The van der Waals surface area contributed by atoms with E-state index in [-0.39, 0.29) is 16.9 Å². The molecule has 1 heterocycles. The van der Waals surface area contributed by atoms with Crippen molar-refractivity contribution in [3.05, 3.63) is 22.9 Å². The van der Waals surface area contributed by atoms with E-state index < -0.39 is 0 Å². The van der Waals surface area contributed by atoms with Gasteiger partial charge in [-0.2, -0.15) is 0 Å². The third-order valence-corrected chi connectivity index (χ3v) is 4.19. The van der Waals surface area contributed by atoms with Gasteiger partial charge >= 0.3 is 0 Å². The van der Waals surface area contributed by atoms with Crippen molar-refractivity contribution in [3.63, 3.8) is 0 Å². The van der Waals surface area contributed by atoms with Crippen LogP contribution in [-0.4, -0.2) is 16.5 Å². The number of pyridine rings is 1. The fourth-order valence-corrected chi connectivity index (χ4v) is 2.30. The summed E-state index contributed by atoms with van der Waals surface area (Å²) in [4.78, 5) is 4.06. The van der Waals surface area contributed by atoms with Crippen LogP contribution in [0, 0.1) is 5.41 Å². The molecule has 0 aliphatic heterocycles. The molecule has 1 aliphatic rings. The number of hydrogen-bond acceptors (Lipinski definition) is 2. The molecule has 0 saturated heterocycles. The SMILES string of the molecule is CC1(C)C(Cl)CC1Oc1cncc(Br)c1. The molecule has 15 heavy (non-hydrogen) atoms. The predicted octanol–water partition coefficient (Wildman–Crippen LogP) is 3.63. The zero-order valence-corrected chi connectivity index (χ0v) is 11.0. The average molecular weight is 291 g/mol. The molecule has 0 radical (unpaired) electrons. The van der Waals surface area contributed by atoms with Crippen LogP contribution in [0.2, 0.25) is 0 Å². The van der Waals surface area contributed by atoms with Gasteiger partial charge in [0.15, 0.2) is 0 Å². The van der Waals surface area contributed by atoms with Gasteiger partial charge in [0.2, 0.25) is 0 Å². The van der Waals surface area contributed by atoms with E-state index in [1.54, 1.807) is 12.4 Å². The predicted molar refractivity (Wildman–Crippen MR) is 64.4 cm³/mol. The molecule has 2 unspecified atom stereocenters. The number of hydrogen-bond donors (Lipinski definition) is 0. The van der Waals surface area contributed by atoms with Crippen LogP contribution in [0.15, 0.2) is 22.9 Å². The molecule has 0 aromatic carbocycles. The Morgan fingerprint density at radius 1 is 1.53 bits per heavy atom. The monoisotopic (exact) mass is 289 g/mol. The van der Waals surface area contributed by atoms with Gasteiger partial charge in [-0.25, -0.2) is 0 Å². The van der Waals surface area contributed by atoms with Gasteiger partial charge in [-0.1, -0.05) is 13.8 Å². The molecule has 82 valence electrons. The van der Waals surface area contributed by atoms with E-state index in [2.05, 4.69) is 34.8 Å². The van der Waals surface area contributed by atoms with E-state index in [1.807, 2.05) is 6.07 Å². The standard InChI is InChI=1S/C11H13BrClNO/c1-11(2)9(13)4-10(11)15-8-3-7(12)5-14-6-8/h3,5-6,9-10H,4H2,1-2H3. The van der Waals surface area contributed by atoms with Crippen molar-refractivity contribution in [2.45, 2.75) is 31.7 Å². The summed E-state index contributed by atoms with van der Waals surface area (Å²) in [6.45, 7) is 4.26. The third-order valence-electron chi connectivity index (χ3n) is 3.02. The van der Waals surface area contributed by atoms with Crippen molar-refractivity contribution in [2.75, 3.05) is 0 Å². The van der Waals surface area contributed by atoms with Crippen molar-refractivity contribution in [3.8, 4) is 5.75 Å². The highest BCUT2D eigenvalue weighted by atomic mass is 79.9. The van der Waals surface area contributed by atoms with Crippen LogP contribution < -0.4 is 4.74 Å². The van der Waals surface area contributed by atoms with Gasteiger partial charge in [0.25, 0.3) is 0 Å². The molecule has 4 heteroatoms. The fourth-order valence-electron chi connectivity index (χ4n) is 1.66. The fraction of sp³-hybridized carbons (Fsp3) is 0.545. The molecule has 1 fully saturated rings. The largest absolute Gasteiger partial charge is 0.488 e. The van der Waals surface area contributed by atoms with Crippen LogP contribution in [0.25, 0.3) is 0 Å². The molecule has 1 aliphatic carbocycles. The molecule has 0 bridgehead atoms. The number of rotatable bonds is 2. The van der Waals surface area contributed by atoms with Crippen LogP contribution in [-0.2, 0) is 0 Å². The highest BCUT2D eigenvalue weighted by molar-refractivity contribution is 9.10. The zero-order valence-electron chi connectivity index (χ0n) is 8.71. The second kappa shape index (κ2) is 3.95. The molecule has 1 aromatic rings. The smallest absolute Gasteiger partial charge is 0.139 e. The number of ether oxygens (including phenoxy) is 1. The summed E-state index contributed by atoms with van der Waals surface area (Å²) < 4.78 is 6.77. The molecule has 0 amide bonds. The quantitative estimate of drug-likeness (QED) is 0.776. The Hall–Kier alpha value is -0.280. The van der Waals surface area contributed by atoms with Crippen LogP contribution >= 0.6 is 27.5 Å². The zero-order chi connectivity index (χ0) is 11.1. The highest BCUT2D eigenvalue weighted by Crippen LogP contribution is 2.46. The maximum atomic E-state index is 6.13. The van der Waals surface area contributed by atoms with E-state index in [0.29, 0.717) is 0 Å². The van der Waals surface area contributed by atoms with Gasteiger partial charge in [0.1, 0.15) is 11.9 Å². The van der Waals surface area contributed by atoms with E-state index >= 15 is 0 Å². The minimum absolute atomic E-state index is 0.0455. The molecule has 1 aromatic heterocycles. The first-order valence-electron chi connectivity index (χ1n) is 4.91. The van der Waals surface area contributed by atoms with Gasteiger partial charge in [0.05, 0.1) is 6.20 Å². The minimum Gasteiger partial charge on any atom is -0.488 e. The van der Waals surface area contributed by atoms with Crippen LogP contribution in [0.5, 0.6) is 5.75 Å². The molecule has 2 atom stereocenters. The minimum atomic E-state index is 0.0455. The lowest BCUT2D eigenvalue weighted by Crippen LogP contribution is -2.53. The maximum Gasteiger partial charge on any atom is 0.139 e. The van der Waals surface area contributed by atoms with E-state index in [0.717, 1.165) is 16.6 Å². The lowest BCUT2D eigenvalue weighted by molar-refractivity contribution is -0.0132. The number of aromatic nitrogens is 1. The molecular weight excluding hydrogens is 277 g/mol. The molecule has 0 spiro atoms. The molecule has 2 rings (SSSR count). The van der Waals surface area contributed by atoms with Gasteiger partial charge in [-0.15, -0.1) is 11.6 Å². The Kier molecular flexibility index (Phi) is 2.95. The maximum absolute atomic E-state index is 6.13. The Labute approximate surface area is 103 Å². The molecule has 0 N–H and O–H groups in total. The lowest BCUT2D eigenvalue weighted by Gasteiger charge is -2.48. The van der Waals surface area contributed by atoms with Crippen molar-refractivity contribution in [1.29, 1.82) is 0 Å². The van der Waals surface area contributed by atoms with Crippen LogP contribution in [0.3, 0.4) is 0 Å². The summed E-state index contributed by atoms with van der Waals surface area (Å²) in [6.07, 6.45) is 4.56. The highest BCUT2D eigenvalue weighted by Gasteiger charge is 2.49. The lowest BCUT2D eigenvalue weighted by atomic mass is 9.68. The van der Waals surface area contributed by atoms with E-state index in [1.165, 1.54) is 0 Å². The summed E-state index contributed by atoms with van der Waals surface area (Å²) in [5.74, 6) is 0.797. The number of alkyl halides is 1. The van der Waals surface area contributed by atoms with Gasteiger partial charge in [-0.3, -0.25) is 4.98 Å². The van der Waals surface area contributed by atoms with Gasteiger partial charge in [-0.05, 0) is 22.0 Å². The normalized spacial score (nSPS) is 28.3. The Bertz CT molecular complexity index is 369. The summed E-state index contributed by atoms with van der Waals surface area (Å²) in [5.41, 5.74) is 0.0455. The topological polar surface area (TPSA) is 22.1 Å². The van der Waals surface area contributed by atoms with Crippen molar-refractivity contribution < 1.29 is 4.74 Å². The first-order chi connectivity index (χ1) is 7.00. The second-order valence-electron chi connectivity index (χ2n) is 4.47. The average Bonchev–Trinajstić information content (AvgIpc) is 2.17. The van der Waals surface area contributed by atoms with Gasteiger partial charge < -0.3 is 4.74 Å². The van der Waals surface area contributed by atoms with Crippen LogP contribution in [0.1, 0.15) is 20.3 Å². The number of nitrogens with zero attached hydrogens (tertiary/aromatic N) is 1. The van der Waals surface area contributed by atoms with Crippen molar-refractivity contribution in [2.24, 2.45) is 5.41 Å². The van der Waals surface area contributed by atoms with E-state index in [4.69, 9.17) is 16.3 Å². The van der Waals surface area contributed by atoms with Gasteiger partial charge in [0, 0.05) is 27.9 Å².